The maximum absolute atomic E-state index is 12.8. The fraction of sp³-hybridized carbons (Fsp3) is 0.200. The van der Waals surface area contributed by atoms with Gasteiger partial charge in [0.05, 0.1) is 12.7 Å². The molecule has 0 aliphatic rings. The zero-order chi connectivity index (χ0) is 20.3. The number of benzene rings is 2. The smallest absolute Gasteiger partial charge is 0.416 e. The van der Waals surface area contributed by atoms with Crippen molar-refractivity contribution in [2.45, 2.75) is 13.1 Å². The molecule has 0 aliphatic heterocycles. The monoisotopic (exact) mass is 390 g/mol. The van der Waals surface area contributed by atoms with Crippen molar-refractivity contribution < 1.29 is 27.1 Å². The summed E-state index contributed by atoms with van der Waals surface area (Å²) >= 11 is 0. The first-order chi connectivity index (χ1) is 13.3. The van der Waals surface area contributed by atoms with Crippen LogP contribution in [0, 0.1) is 0 Å². The van der Waals surface area contributed by atoms with Crippen LogP contribution in [0.25, 0.3) is 22.8 Å². The molecule has 0 saturated heterocycles. The van der Waals surface area contributed by atoms with Crippen LogP contribution in [0.2, 0.25) is 0 Å². The largest absolute Gasteiger partial charge is 0.497 e. The van der Waals surface area contributed by atoms with Gasteiger partial charge in [0.2, 0.25) is 5.89 Å². The molecule has 1 aromatic heterocycles. The minimum Gasteiger partial charge on any atom is -0.497 e. The van der Waals surface area contributed by atoms with Gasteiger partial charge in [0.25, 0.3) is 5.91 Å². The molecule has 0 radical (unpaired) electrons. The van der Waals surface area contributed by atoms with Gasteiger partial charge in [0.15, 0.2) is 11.5 Å². The predicted octanol–water partition coefficient (Wildman–Crippen LogP) is 4.79. The van der Waals surface area contributed by atoms with Gasteiger partial charge in [-0.2, -0.15) is 13.2 Å². The second-order valence-electron chi connectivity index (χ2n) is 5.86. The van der Waals surface area contributed by atoms with Gasteiger partial charge in [-0.3, -0.25) is 4.79 Å². The summed E-state index contributed by atoms with van der Waals surface area (Å²) in [6.07, 6.45) is -4.44. The number of nitrogens with zero attached hydrogens (tertiary/aromatic N) is 1. The standard InChI is InChI=1S/C20H17F3N2O3/c1-3-24-18(26)16-17(13-5-4-6-15(11-13)27-2)28-19(25-16)12-7-9-14(10-8-12)20(21,22)23/h4-11H,3H2,1-2H3,(H,24,26). The lowest BCUT2D eigenvalue weighted by Crippen LogP contribution is -2.23. The SMILES string of the molecule is CCNC(=O)c1nc(-c2ccc(C(F)(F)F)cc2)oc1-c1cccc(OC)c1. The molecular formula is C20H17F3N2O3. The Kier molecular flexibility index (Phi) is 5.39. The van der Waals surface area contributed by atoms with Crippen LogP contribution in [0.3, 0.4) is 0 Å². The van der Waals surface area contributed by atoms with Gasteiger partial charge in [0.1, 0.15) is 5.75 Å². The van der Waals surface area contributed by atoms with E-state index >= 15 is 0 Å². The molecule has 146 valence electrons. The quantitative estimate of drug-likeness (QED) is 0.681. The summed E-state index contributed by atoms with van der Waals surface area (Å²) in [6.45, 7) is 2.15. The summed E-state index contributed by atoms with van der Waals surface area (Å²) in [5.41, 5.74) is 0.156. The molecule has 0 unspecified atom stereocenters. The number of ether oxygens (including phenoxy) is 1. The molecule has 8 heteroatoms. The van der Waals surface area contributed by atoms with E-state index in [-0.39, 0.29) is 17.3 Å². The van der Waals surface area contributed by atoms with E-state index in [1.54, 1.807) is 31.2 Å². The predicted molar refractivity (Wildman–Crippen MR) is 96.9 cm³/mol. The second-order valence-corrected chi connectivity index (χ2v) is 5.86. The third-order valence-electron chi connectivity index (χ3n) is 3.97. The number of amides is 1. The highest BCUT2D eigenvalue weighted by atomic mass is 19.4. The normalized spacial score (nSPS) is 11.3. The molecule has 3 aromatic rings. The van der Waals surface area contributed by atoms with E-state index in [1.165, 1.54) is 19.2 Å². The molecule has 0 aliphatic carbocycles. The number of oxazole rings is 1. The van der Waals surface area contributed by atoms with Gasteiger partial charge in [-0.05, 0) is 43.3 Å². The van der Waals surface area contributed by atoms with Crippen molar-refractivity contribution in [3.05, 3.63) is 59.8 Å². The van der Waals surface area contributed by atoms with Gasteiger partial charge in [-0.1, -0.05) is 12.1 Å². The van der Waals surface area contributed by atoms with Crippen LogP contribution in [0.5, 0.6) is 5.75 Å². The zero-order valence-corrected chi connectivity index (χ0v) is 15.1. The first kappa shape index (κ1) is 19.5. The Morgan fingerprint density at radius 3 is 2.46 bits per heavy atom. The van der Waals surface area contributed by atoms with E-state index < -0.39 is 17.6 Å². The number of carbonyl (C=O) groups is 1. The Morgan fingerprint density at radius 1 is 1.14 bits per heavy atom. The number of hydrogen-bond donors (Lipinski definition) is 1. The zero-order valence-electron chi connectivity index (χ0n) is 15.1. The molecular weight excluding hydrogens is 373 g/mol. The molecule has 0 fully saturated rings. The van der Waals surface area contributed by atoms with Crippen molar-refractivity contribution in [3.8, 4) is 28.5 Å². The van der Waals surface area contributed by atoms with Gasteiger partial charge >= 0.3 is 6.18 Å². The van der Waals surface area contributed by atoms with Crippen molar-refractivity contribution in [1.29, 1.82) is 0 Å². The Morgan fingerprint density at radius 2 is 1.86 bits per heavy atom. The third-order valence-corrected chi connectivity index (χ3v) is 3.97. The molecule has 1 N–H and O–H groups in total. The Bertz CT molecular complexity index is 979. The van der Waals surface area contributed by atoms with Crippen molar-refractivity contribution >= 4 is 5.91 Å². The molecule has 0 saturated carbocycles. The summed E-state index contributed by atoms with van der Waals surface area (Å²) in [5, 5.41) is 2.65. The van der Waals surface area contributed by atoms with Crippen LogP contribution in [-0.4, -0.2) is 24.5 Å². The molecule has 5 nitrogen and oxygen atoms in total. The maximum atomic E-state index is 12.8. The lowest BCUT2D eigenvalue weighted by atomic mass is 10.1. The molecule has 0 spiro atoms. The molecule has 28 heavy (non-hydrogen) atoms. The highest BCUT2D eigenvalue weighted by Gasteiger charge is 2.30. The molecule has 1 amide bonds. The van der Waals surface area contributed by atoms with E-state index in [2.05, 4.69) is 10.3 Å². The highest BCUT2D eigenvalue weighted by Crippen LogP contribution is 2.34. The lowest BCUT2D eigenvalue weighted by molar-refractivity contribution is -0.137. The van der Waals surface area contributed by atoms with E-state index in [1.807, 2.05) is 0 Å². The van der Waals surface area contributed by atoms with Crippen molar-refractivity contribution in [1.82, 2.24) is 10.3 Å². The van der Waals surface area contributed by atoms with Crippen LogP contribution in [-0.2, 0) is 6.18 Å². The Balaban J connectivity index is 2.07. The summed E-state index contributed by atoms with van der Waals surface area (Å²) in [4.78, 5) is 16.6. The minimum absolute atomic E-state index is 0.0463. The number of halogens is 3. The molecule has 3 rings (SSSR count). The average Bonchev–Trinajstić information content (AvgIpc) is 3.13. The third kappa shape index (κ3) is 4.00. The highest BCUT2D eigenvalue weighted by molar-refractivity contribution is 5.98. The molecule has 0 atom stereocenters. The number of rotatable bonds is 5. The Labute approximate surface area is 159 Å². The first-order valence-electron chi connectivity index (χ1n) is 8.44. The van der Waals surface area contributed by atoms with Gasteiger partial charge in [-0.25, -0.2) is 4.98 Å². The summed E-state index contributed by atoms with van der Waals surface area (Å²) in [6, 6.07) is 11.3. The number of methoxy groups -OCH3 is 1. The van der Waals surface area contributed by atoms with Crippen LogP contribution < -0.4 is 10.1 Å². The molecule has 2 aromatic carbocycles. The van der Waals surface area contributed by atoms with Crippen molar-refractivity contribution in [2.75, 3.05) is 13.7 Å². The molecule has 0 bridgehead atoms. The van der Waals surface area contributed by atoms with Gasteiger partial charge in [0, 0.05) is 17.7 Å². The fourth-order valence-electron chi connectivity index (χ4n) is 2.60. The number of nitrogens with one attached hydrogen (secondary N) is 1. The minimum atomic E-state index is -4.44. The summed E-state index contributed by atoms with van der Waals surface area (Å²) in [5.74, 6) is 0.376. The maximum Gasteiger partial charge on any atom is 0.416 e. The number of alkyl halides is 3. The fourth-order valence-corrected chi connectivity index (χ4v) is 2.60. The van der Waals surface area contributed by atoms with Crippen molar-refractivity contribution in [3.63, 3.8) is 0 Å². The number of carbonyl (C=O) groups excluding carboxylic acids is 1. The van der Waals surface area contributed by atoms with E-state index in [9.17, 15) is 18.0 Å². The lowest BCUT2D eigenvalue weighted by Gasteiger charge is -2.06. The number of hydrogen-bond acceptors (Lipinski definition) is 4. The van der Waals surface area contributed by atoms with Crippen LogP contribution in [0.1, 0.15) is 23.0 Å². The van der Waals surface area contributed by atoms with Gasteiger partial charge in [-0.15, -0.1) is 0 Å². The van der Waals surface area contributed by atoms with Gasteiger partial charge < -0.3 is 14.5 Å². The van der Waals surface area contributed by atoms with Crippen LogP contribution in [0.4, 0.5) is 13.2 Å². The van der Waals surface area contributed by atoms with E-state index in [0.717, 1.165) is 12.1 Å². The molecule has 1 heterocycles. The average molecular weight is 390 g/mol. The summed E-state index contributed by atoms with van der Waals surface area (Å²) < 4.78 is 49.3. The Hall–Kier alpha value is -3.29. The van der Waals surface area contributed by atoms with Crippen molar-refractivity contribution in [2.24, 2.45) is 0 Å². The topological polar surface area (TPSA) is 64.4 Å². The second kappa shape index (κ2) is 7.75. The van der Waals surface area contributed by atoms with Crippen LogP contribution >= 0.6 is 0 Å². The van der Waals surface area contributed by atoms with Crippen LogP contribution in [0.15, 0.2) is 52.9 Å². The number of aromatic nitrogens is 1. The van der Waals surface area contributed by atoms with E-state index in [4.69, 9.17) is 9.15 Å². The summed E-state index contributed by atoms with van der Waals surface area (Å²) in [7, 11) is 1.51. The van der Waals surface area contributed by atoms with E-state index in [0.29, 0.717) is 23.4 Å². The first-order valence-corrected chi connectivity index (χ1v) is 8.44.